The Morgan fingerprint density at radius 3 is 2.63 bits per heavy atom. The van der Waals surface area contributed by atoms with Gasteiger partial charge in [0.15, 0.2) is 0 Å². The fourth-order valence-electron chi connectivity index (χ4n) is 2.36. The molecule has 0 bridgehead atoms. The molecular formula is C16H22BrNO. The monoisotopic (exact) mass is 323 g/mol. The van der Waals surface area contributed by atoms with Crippen molar-refractivity contribution in [1.82, 2.24) is 5.32 Å². The van der Waals surface area contributed by atoms with Crippen molar-refractivity contribution in [3.05, 3.63) is 34.0 Å². The van der Waals surface area contributed by atoms with Crippen molar-refractivity contribution >= 4 is 26.9 Å². The summed E-state index contributed by atoms with van der Waals surface area (Å²) in [4.78, 5) is 0. The first-order valence-electron chi connectivity index (χ1n) is 6.96. The first-order chi connectivity index (χ1) is 9.04. The van der Waals surface area contributed by atoms with Crippen LogP contribution in [0.5, 0.6) is 0 Å². The van der Waals surface area contributed by atoms with E-state index in [0.29, 0.717) is 5.92 Å². The maximum absolute atomic E-state index is 6.11. The van der Waals surface area contributed by atoms with Crippen LogP contribution in [-0.4, -0.2) is 6.54 Å². The molecule has 1 heterocycles. The van der Waals surface area contributed by atoms with E-state index >= 15 is 0 Å². The lowest BCUT2D eigenvalue weighted by molar-refractivity contribution is 0.351. The Kier molecular flexibility index (Phi) is 4.69. The van der Waals surface area contributed by atoms with Crippen molar-refractivity contribution in [3.8, 4) is 0 Å². The lowest BCUT2D eigenvalue weighted by Crippen LogP contribution is -2.25. The van der Waals surface area contributed by atoms with Gasteiger partial charge in [-0.2, -0.15) is 0 Å². The Morgan fingerprint density at radius 1 is 1.32 bits per heavy atom. The third-order valence-electron chi connectivity index (χ3n) is 3.43. The van der Waals surface area contributed by atoms with Gasteiger partial charge in [0.2, 0.25) is 0 Å². The van der Waals surface area contributed by atoms with E-state index in [4.69, 9.17) is 4.42 Å². The normalized spacial score (nSPS) is 13.4. The van der Waals surface area contributed by atoms with Gasteiger partial charge in [-0.1, -0.05) is 42.8 Å². The molecule has 0 radical (unpaired) electrons. The average Bonchev–Trinajstić information content (AvgIpc) is 2.80. The largest absolute Gasteiger partial charge is 0.459 e. The number of aryl methyl sites for hydroxylation is 1. The molecule has 0 fully saturated rings. The van der Waals surface area contributed by atoms with Gasteiger partial charge in [-0.15, -0.1) is 0 Å². The summed E-state index contributed by atoms with van der Waals surface area (Å²) in [5.74, 6) is 1.54. The summed E-state index contributed by atoms with van der Waals surface area (Å²) in [5.41, 5.74) is 2.18. The van der Waals surface area contributed by atoms with Crippen molar-refractivity contribution in [1.29, 1.82) is 0 Å². The van der Waals surface area contributed by atoms with Crippen LogP contribution in [0.3, 0.4) is 0 Å². The highest BCUT2D eigenvalue weighted by Gasteiger charge is 2.20. The summed E-state index contributed by atoms with van der Waals surface area (Å²) < 4.78 is 7.21. The van der Waals surface area contributed by atoms with Gasteiger partial charge in [-0.3, -0.25) is 0 Å². The fraction of sp³-hybridized carbons (Fsp3) is 0.500. The van der Waals surface area contributed by atoms with Crippen molar-refractivity contribution in [2.75, 3.05) is 6.54 Å². The number of hydrogen-bond donors (Lipinski definition) is 1. The topological polar surface area (TPSA) is 25.2 Å². The lowest BCUT2D eigenvalue weighted by Gasteiger charge is -2.19. The van der Waals surface area contributed by atoms with Gasteiger partial charge in [-0.05, 0) is 43.5 Å². The van der Waals surface area contributed by atoms with Crippen LogP contribution >= 0.6 is 15.9 Å². The fourth-order valence-corrected chi connectivity index (χ4v) is 2.79. The molecule has 1 aromatic carbocycles. The minimum atomic E-state index is 0.277. The van der Waals surface area contributed by atoms with Crippen LogP contribution in [0.2, 0.25) is 0 Å². The first kappa shape index (κ1) is 14.6. The number of fused-ring (bicyclic) bond motifs is 1. The summed E-state index contributed by atoms with van der Waals surface area (Å²) in [5, 5.41) is 4.74. The predicted octanol–water partition coefficient (Wildman–Crippen LogP) is 5.20. The van der Waals surface area contributed by atoms with Crippen LogP contribution in [0.1, 0.15) is 44.6 Å². The Labute approximate surface area is 123 Å². The van der Waals surface area contributed by atoms with E-state index < -0.39 is 0 Å². The van der Waals surface area contributed by atoms with Crippen molar-refractivity contribution in [2.45, 2.75) is 40.2 Å². The molecule has 2 nitrogen and oxygen atoms in total. The summed E-state index contributed by atoms with van der Waals surface area (Å²) in [6, 6.07) is 6.61. The highest BCUT2D eigenvalue weighted by Crippen LogP contribution is 2.33. The van der Waals surface area contributed by atoms with Crippen LogP contribution in [0.4, 0.5) is 0 Å². The molecule has 2 aromatic rings. The van der Waals surface area contributed by atoms with Crippen LogP contribution in [-0.2, 0) is 0 Å². The number of nitrogens with one attached hydrogen (secondary N) is 1. The van der Waals surface area contributed by atoms with Gasteiger partial charge in [0, 0.05) is 9.86 Å². The lowest BCUT2D eigenvalue weighted by atomic mass is 10.0. The molecule has 1 N–H and O–H groups in total. The number of halogens is 1. The van der Waals surface area contributed by atoms with Gasteiger partial charge < -0.3 is 9.73 Å². The van der Waals surface area contributed by atoms with E-state index in [0.717, 1.165) is 28.8 Å². The smallest absolute Gasteiger partial charge is 0.138 e. The standard InChI is InChI=1S/C16H22BrNO/c1-5-8-18-15(10(2)3)14-9-12-13(17)7-6-11(4)16(12)19-14/h6-7,9-10,15,18H,5,8H2,1-4H3. The zero-order valence-electron chi connectivity index (χ0n) is 12.1. The molecule has 3 heteroatoms. The number of hydrogen-bond acceptors (Lipinski definition) is 2. The Bertz CT molecular complexity index is 520. The highest BCUT2D eigenvalue weighted by molar-refractivity contribution is 9.10. The van der Waals surface area contributed by atoms with Crippen molar-refractivity contribution < 1.29 is 4.42 Å². The summed E-state index contributed by atoms with van der Waals surface area (Å²) in [7, 11) is 0. The SMILES string of the molecule is CCCNC(c1cc2c(Br)ccc(C)c2o1)C(C)C. The first-order valence-corrected chi connectivity index (χ1v) is 7.75. The van der Waals surface area contributed by atoms with E-state index in [1.807, 2.05) is 0 Å². The van der Waals surface area contributed by atoms with Crippen LogP contribution < -0.4 is 5.32 Å². The molecule has 0 aliphatic heterocycles. The van der Waals surface area contributed by atoms with Crippen molar-refractivity contribution in [3.63, 3.8) is 0 Å². The van der Waals surface area contributed by atoms with Crippen LogP contribution in [0.25, 0.3) is 11.0 Å². The Hall–Kier alpha value is -0.800. The second kappa shape index (κ2) is 6.10. The molecule has 1 atom stereocenters. The summed E-state index contributed by atoms with van der Waals surface area (Å²) in [6.45, 7) is 9.74. The molecular weight excluding hydrogens is 302 g/mol. The quantitative estimate of drug-likeness (QED) is 0.818. The maximum atomic E-state index is 6.11. The van der Waals surface area contributed by atoms with Gasteiger partial charge in [0.05, 0.1) is 6.04 Å². The molecule has 2 rings (SSSR count). The number of benzene rings is 1. The molecule has 0 aliphatic rings. The zero-order valence-corrected chi connectivity index (χ0v) is 13.7. The summed E-state index contributed by atoms with van der Waals surface area (Å²) in [6.07, 6.45) is 1.13. The van der Waals surface area contributed by atoms with E-state index in [-0.39, 0.29) is 6.04 Å². The molecule has 1 aromatic heterocycles. The minimum Gasteiger partial charge on any atom is -0.459 e. The highest BCUT2D eigenvalue weighted by atomic mass is 79.9. The Morgan fingerprint density at radius 2 is 2.05 bits per heavy atom. The molecule has 0 saturated heterocycles. The maximum Gasteiger partial charge on any atom is 0.138 e. The third kappa shape index (κ3) is 3.03. The molecule has 0 saturated carbocycles. The van der Waals surface area contributed by atoms with Gasteiger partial charge in [0.25, 0.3) is 0 Å². The van der Waals surface area contributed by atoms with E-state index in [9.17, 15) is 0 Å². The van der Waals surface area contributed by atoms with E-state index in [1.54, 1.807) is 0 Å². The number of furan rings is 1. The van der Waals surface area contributed by atoms with Crippen molar-refractivity contribution in [2.24, 2.45) is 5.92 Å². The third-order valence-corrected chi connectivity index (χ3v) is 4.13. The Balaban J connectivity index is 2.43. The molecule has 0 amide bonds. The second-order valence-electron chi connectivity index (χ2n) is 5.43. The van der Waals surface area contributed by atoms with Gasteiger partial charge >= 0.3 is 0 Å². The van der Waals surface area contributed by atoms with Gasteiger partial charge in [-0.25, -0.2) is 0 Å². The molecule has 0 spiro atoms. The van der Waals surface area contributed by atoms with Crippen LogP contribution in [0, 0.1) is 12.8 Å². The van der Waals surface area contributed by atoms with E-state index in [1.165, 1.54) is 10.9 Å². The molecule has 1 unspecified atom stereocenters. The number of rotatable bonds is 5. The molecule has 19 heavy (non-hydrogen) atoms. The van der Waals surface area contributed by atoms with Crippen LogP contribution in [0.15, 0.2) is 27.1 Å². The van der Waals surface area contributed by atoms with Gasteiger partial charge in [0.1, 0.15) is 11.3 Å². The molecule has 104 valence electrons. The van der Waals surface area contributed by atoms with E-state index in [2.05, 4.69) is 67.1 Å². The predicted molar refractivity (Wildman–Crippen MR) is 84.5 cm³/mol. The summed E-state index contributed by atoms with van der Waals surface area (Å²) >= 11 is 3.60. The minimum absolute atomic E-state index is 0.277. The molecule has 0 aliphatic carbocycles. The second-order valence-corrected chi connectivity index (χ2v) is 6.29. The average molecular weight is 324 g/mol. The zero-order chi connectivity index (χ0) is 14.0.